The highest BCUT2D eigenvalue weighted by Gasteiger charge is 2.23. The molecule has 1 atom stereocenters. The molecule has 0 amide bonds. The van der Waals surface area contributed by atoms with Crippen molar-refractivity contribution in [2.45, 2.75) is 32.2 Å². The van der Waals surface area contributed by atoms with E-state index in [0.29, 0.717) is 0 Å². The minimum atomic E-state index is -0.364. The zero-order chi connectivity index (χ0) is 15.0. The van der Waals surface area contributed by atoms with Crippen LogP contribution in [0.25, 0.3) is 0 Å². The molecule has 1 aliphatic carbocycles. The summed E-state index contributed by atoms with van der Waals surface area (Å²) in [5, 5.41) is 18.6. The van der Waals surface area contributed by atoms with Gasteiger partial charge in [-0.15, -0.1) is 0 Å². The van der Waals surface area contributed by atoms with Crippen molar-refractivity contribution >= 4 is 11.4 Å². The lowest BCUT2D eigenvalue weighted by Crippen LogP contribution is -2.18. The van der Waals surface area contributed by atoms with Crippen LogP contribution in [-0.2, 0) is 13.5 Å². The fourth-order valence-electron chi connectivity index (χ4n) is 2.97. The molecule has 1 unspecified atom stereocenters. The van der Waals surface area contributed by atoms with Gasteiger partial charge in [-0.2, -0.15) is 5.10 Å². The van der Waals surface area contributed by atoms with Gasteiger partial charge in [0.05, 0.1) is 17.2 Å². The van der Waals surface area contributed by atoms with E-state index in [9.17, 15) is 10.1 Å². The summed E-state index contributed by atoms with van der Waals surface area (Å²) < 4.78 is 1.94. The van der Waals surface area contributed by atoms with Gasteiger partial charge in [0.1, 0.15) is 0 Å². The number of nitrogens with one attached hydrogen (secondary N) is 1. The van der Waals surface area contributed by atoms with E-state index in [4.69, 9.17) is 0 Å². The van der Waals surface area contributed by atoms with Crippen molar-refractivity contribution in [3.8, 4) is 0 Å². The van der Waals surface area contributed by atoms with Crippen molar-refractivity contribution < 1.29 is 4.92 Å². The Hall–Kier alpha value is -2.37. The topological polar surface area (TPSA) is 73.0 Å². The SMILES string of the molecule is Cc1cc([N+](=O)[O-])ccc1NC1CCCc2c1cnn2C. The maximum atomic E-state index is 10.8. The fourth-order valence-corrected chi connectivity index (χ4v) is 2.97. The molecular weight excluding hydrogens is 268 g/mol. The van der Waals surface area contributed by atoms with E-state index in [2.05, 4.69) is 10.4 Å². The van der Waals surface area contributed by atoms with Crippen LogP contribution >= 0.6 is 0 Å². The Kier molecular flexibility index (Phi) is 3.37. The molecule has 0 saturated heterocycles. The fraction of sp³-hybridized carbons (Fsp3) is 0.400. The molecule has 1 N–H and O–H groups in total. The average Bonchev–Trinajstić information content (AvgIpc) is 2.84. The number of rotatable bonds is 3. The van der Waals surface area contributed by atoms with E-state index in [0.717, 1.165) is 30.5 Å². The van der Waals surface area contributed by atoms with Crippen LogP contribution in [0.1, 0.15) is 35.7 Å². The quantitative estimate of drug-likeness (QED) is 0.695. The normalized spacial score (nSPS) is 17.3. The number of fused-ring (bicyclic) bond motifs is 1. The number of nitro benzene ring substituents is 1. The van der Waals surface area contributed by atoms with Gasteiger partial charge in [0.15, 0.2) is 0 Å². The van der Waals surface area contributed by atoms with Crippen LogP contribution < -0.4 is 5.32 Å². The molecule has 0 aliphatic heterocycles. The molecule has 6 nitrogen and oxygen atoms in total. The van der Waals surface area contributed by atoms with Crippen molar-refractivity contribution in [2.24, 2.45) is 7.05 Å². The summed E-state index contributed by atoms with van der Waals surface area (Å²) >= 11 is 0. The Balaban J connectivity index is 1.86. The summed E-state index contributed by atoms with van der Waals surface area (Å²) in [6.07, 6.45) is 5.15. The third-order valence-electron chi connectivity index (χ3n) is 4.13. The number of benzene rings is 1. The first-order chi connectivity index (χ1) is 10.1. The van der Waals surface area contributed by atoms with Gasteiger partial charge >= 0.3 is 0 Å². The monoisotopic (exact) mass is 286 g/mol. The van der Waals surface area contributed by atoms with Crippen LogP contribution in [0.4, 0.5) is 11.4 Å². The molecule has 110 valence electrons. The lowest BCUT2D eigenvalue weighted by atomic mass is 9.92. The molecule has 0 spiro atoms. The standard InChI is InChI=1S/C15H18N4O2/c1-10-8-11(19(20)21)6-7-13(10)17-14-4-3-5-15-12(14)9-16-18(15)2/h6-9,14,17H,3-5H2,1-2H3. The first kappa shape index (κ1) is 13.6. The van der Waals surface area contributed by atoms with E-state index in [1.54, 1.807) is 18.2 Å². The zero-order valence-corrected chi connectivity index (χ0v) is 12.2. The largest absolute Gasteiger partial charge is 0.378 e. The van der Waals surface area contributed by atoms with Gasteiger partial charge in [0.2, 0.25) is 0 Å². The van der Waals surface area contributed by atoms with Crippen LogP contribution in [0.2, 0.25) is 0 Å². The van der Waals surface area contributed by atoms with Crippen molar-refractivity contribution in [2.75, 3.05) is 5.32 Å². The predicted octanol–water partition coefficient (Wildman–Crippen LogP) is 3.13. The Morgan fingerprint density at radius 3 is 3.00 bits per heavy atom. The number of nitrogens with zero attached hydrogens (tertiary/aromatic N) is 3. The van der Waals surface area contributed by atoms with E-state index in [-0.39, 0.29) is 16.7 Å². The smallest absolute Gasteiger partial charge is 0.269 e. The summed E-state index contributed by atoms with van der Waals surface area (Å²) in [7, 11) is 1.97. The molecule has 3 rings (SSSR count). The second-order valence-electron chi connectivity index (χ2n) is 5.52. The Labute approximate surface area is 122 Å². The minimum absolute atomic E-state index is 0.128. The number of hydrogen-bond donors (Lipinski definition) is 1. The Morgan fingerprint density at radius 1 is 1.48 bits per heavy atom. The maximum Gasteiger partial charge on any atom is 0.269 e. The van der Waals surface area contributed by atoms with Gasteiger partial charge < -0.3 is 5.32 Å². The lowest BCUT2D eigenvalue weighted by molar-refractivity contribution is -0.384. The average molecular weight is 286 g/mol. The molecule has 6 heteroatoms. The van der Waals surface area contributed by atoms with E-state index in [1.807, 2.05) is 24.9 Å². The molecule has 0 saturated carbocycles. The second kappa shape index (κ2) is 5.20. The molecule has 1 aromatic carbocycles. The van der Waals surface area contributed by atoms with Crippen LogP contribution in [0.15, 0.2) is 24.4 Å². The second-order valence-corrected chi connectivity index (χ2v) is 5.52. The minimum Gasteiger partial charge on any atom is -0.378 e. The zero-order valence-electron chi connectivity index (χ0n) is 12.2. The molecular formula is C15H18N4O2. The van der Waals surface area contributed by atoms with Gasteiger partial charge in [-0.1, -0.05) is 0 Å². The third kappa shape index (κ3) is 2.49. The molecule has 21 heavy (non-hydrogen) atoms. The summed E-state index contributed by atoms with van der Waals surface area (Å²) in [4.78, 5) is 10.4. The number of anilines is 1. The molecule has 1 aromatic heterocycles. The number of aryl methyl sites for hydroxylation is 2. The first-order valence-corrected chi connectivity index (χ1v) is 7.08. The highest BCUT2D eigenvalue weighted by atomic mass is 16.6. The molecule has 0 radical (unpaired) electrons. The van der Waals surface area contributed by atoms with Gasteiger partial charge in [0.25, 0.3) is 5.69 Å². The number of aromatic nitrogens is 2. The maximum absolute atomic E-state index is 10.8. The molecule has 0 bridgehead atoms. The van der Waals surface area contributed by atoms with Gasteiger partial charge in [-0.05, 0) is 37.8 Å². The molecule has 0 fully saturated rings. The van der Waals surface area contributed by atoms with Crippen LogP contribution in [0, 0.1) is 17.0 Å². The van der Waals surface area contributed by atoms with Crippen molar-refractivity contribution in [3.63, 3.8) is 0 Å². The van der Waals surface area contributed by atoms with Gasteiger partial charge in [-0.3, -0.25) is 14.8 Å². The van der Waals surface area contributed by atoms with E-state index < -0.39 is 0 Å². The number of hydrogen-bond acceptors (Lipinski definition) is 4. The highest BCUT2D eigenvalue weighted by Crippen LogP contribution is 2.33. The van der Waals surface area contributed by atoms with Crippen LogP contribution in [-0.4, -0.2) is 14.7 Å². The first-order valence-electron chi connectivity index (χ1n) is 7.08. The summed E-state index contributed by atoms with van der Waals surface area (Å²) in [6, 6.07) is 5.16. The lowest BCUT2D eigenvalue weighted by Gasteiger charge is -2.25. The van der Waals surface area contributed by atoms with Crippen molar-refractivity contribution in [1.29, 1.82) is 0 Å². The van der Waals surface area contributed by atoms with Gasteiger partial charge in [0, 0.05) is 36.1 Å². The molecule has 2 aromatic rings. The third-order valence-corrected chi connectivity index (χ3v) is 4.13. The van der Waals surface area contributed by atoms with Crippen LogP contribution in [0.3, 0.4) is 0 Å². The van der Waals surface area contributed by atoms with E-state index >= 15 is 0 Å². The summed E-state index contributed by atoms with van der Waals surface area (Å²) in [6.45, 7) is 1.89. The highest BCUT2D eigenvalue weighted by molar-refractivity contribution is 5.56. The van der Waals surface area contributed by atoms with Crippen molar-refractivity contribution in [3.05, 3.63) is 51.3 Å². The van der Waals surface area contributed by atoms with Crippen LogP contribution in [0.5, 0.6) is 0 Å². The van der Waals surface area contributed by atoms with Crippen molar-refractivity contribution in [1.82, 2.24) is 9.78 Å². The molecule has 1 heterocycles. The Morgan fingerprint density at radius 2 is 2.29 bits per heavy atom. The number of nitro groups is 1. The van der Waals surface area contributed by atoms with Gasteiger partial charge in [-0.25, -0.2) is 0 Å². The predicted molar refractivity (Wildman–Crippen MR) is 80.3 cm³/mol. The Bertz CT molecular complexity index is 693. The number of non-ortho nitro benzene ring substituents is 1. The van der Waals surface area contributed by atoms with E-state index in [1.165, 1.54) is 11.3 Å². The summed E-state index contributed by atoms with van der Waals surface area (Å²) in [5.41, 5.74) is 4.48. The molecule has 1 aliphatic rings. The summed E-state index contributed by atoms with van der Waals surface area (Å²) in [5.74, 6) is 0.